The van der Waals surface area contributed by atoms with Crippen molar-refractivity contribution in [1.82, 2.24) is 24.3 Å². The van der Waals surface area contributed by atoms with E-state index in [0.29, 0.717) is 6.04 Å². The Bertz CT molecular complexity index is 810. The molecule has 1 aliphatic heterocycles. The molecule has 0 unspecified atom stereocenters. The predicted molar refractivity (Wildman–Crippen MR) is 89.1 cm³/mol. The topological polar surface area (TPSA) is 58.4 Å². The van der Waals surface area contributed by atoms with Crippen molar-refractivity contribution in [2.75, 3.05) is 18.4 Å². The molecule has 4 heterocycles. The summed E-state index contributed by atoms with van der Waals surface area (Å²) in [5.74, 6) is 0.633. The van der Waals surface area contributed by atoms with E-state index in [9.17, 15) is 4.39 Å². The molecule has 1 N–H and O–H groups in total. The number of hydrogen-bond donors (Lipinski definition) is 1. The molecule has 0 amide bonds. The highest BCUT2D eigenvalue weighted by Gasteiger charge is 2.20. The molecule has 3 aromatic heterocycles. The van der Waals surface area contributed by atoms with Crippen LogP contribution in [0.25, 0.3) is 5.65 Å². The second kappa shape index (κ2) is 6.52. The first-order chi connectivity index (χ1) is 11.8. The zero-order valence-corrected chi connectivity index (χ0v) is 13.3. The normalized spacial score (nSPS) is 16.5. The molecule has 6 nitrogen and oxygen atoms in total. The first-order valence-corrected chi connectivity index (χ1v) is 8.14. The molecule has 124 valence electrons. The first-order valence-electron chi connectivity index (χ1n) is 8.14. The van der Waals surface area contributed by atoms with Crippen LogP contribution < -0.4 is 5.32 Å². The van der Waals surface area contributed by atoms with Crippen molar-refractivity contribution in [2.24, 2.45) is 0 Å². The molecule has 0 aliphatic carbocycles. The Kier molecular flexibility index (Phi) is 4.08. The van der Waals surface area contributed by atoms with Gasteiger partial charge in [0.25, 0.3) is 0 Å². The number of piperidine rings is 1. The van der Waals surface area contributed by atoms with Crippen LogP contribution in [0, 0.1) is 5.82 Å². The molecule has 1 saturated heterocycles. The van der Waals surface area contributed by atoms with Crippen molar-refractivity contribution in [3.8, 4) is 0 Å². The lowest BCUT2D eigenvalue weighted by molar-refractivity contribution is 0.209. The van der Waals surface area contributed by atoms with Crippen LogP contribution in [-0.2, 0) is 6.54 Å². The van der Waals surface area contributed by atoms with Gasteiger partial charge in [0, 0.05) is 44.3 Å². The number of aromatic nitrogens is 4. The Morgan fingerprint density at radius 2 is 2.04 bits per heavy atom. The standard InChI is InChI=1S/C17H19FN6/c18-13-1-2-17-22-15(11-24(17)9-13)10-23-7-4-14(5-8-23)21-16-3-6-19-12-20-16/h1-3,6,9,11-12,14H,4-5,7-8,10H2,(H,19,20,21). The monoisotopic (exact) mass is 326 g/mol. The Morgan fingerprint density at radius 1 is 1.17 bits per heavy atom. The van der Waals surface area contributed by atoms with E-state index in [1.54, 1.807) is 23.0 Å². The van der Waals surface area contributed by atoms with Crippen LogP contribution in [0.1, 0.15) is 18.5 Å². The fraction of sp³-hybridized carbons (Fsp3) is 0.353. The van der Waals surface area contributed by atoms with Gasteiger partial charge in [-0.15, -0.1) is 0 Å². The summed E-state index contributed by atoms with van der Waals surface area (Å²) in [6.07, 6.45) is 8.80. The summed E-state index contributed by atoms with van der Waals surface area (Å²) in [4.78, 5) is 15.1. The van der Waals surface area contributed by atoms with Crippen molar-refractivity contribution >= 4 is 11.5 Å². The molecule has 0 bridgehead atoms. The minimum absolute atomic E-state index is 0.247. The van der Waals surface area contributed by atoms with Crippen LogP contribution in [0.5, 0.6) is 0 Å². The third-order valence-electron chi connectivity index (χ3n) is 4.37. The number of nitrogens with zero attached hydrogens (tertiary/aromatic N) is 5. The molecule has 0 saturated carbocycles. The Morgan fingerprint density at radius 3 is 2.83 bits per heavy atom. The summed E-state index contributed by atoms with van der Waals surface area (Å²) < 4.78 is 15.0. The van der Waals surface area contributed by atoms with Crippen LogP contribution in [-0.4, -0.2) is 43.4 Å². The van der Waals surface area contributed by atoms with E-state index in [-0.39, 0.29) is 5.82 Å². The van der Waals surface area contributed by atoms with E-state index in [2.05, 4.69) is 25.2 Å². The number of hydrogen-bond acceptors (Lipinski definition) is 5. The first kappa shape index (κ1) is 15.0. The van der Waals surface area contributed by atoms with Gasteiger partial charge in [-0.2, -0.15) is 0 Å². The molecule has 0 aromatic carbocycles. The maximum Gasteiger partial charge on any atom is 0.139 e. The number of halogens is 1. The third-order valence-corrected chi connectivity index (χ3v) is 4.37. The molecule has 7 heteroatoms. The predicted octanol–water partition coefficient (Wildman–Crippen LogP) is 2.34. The molecule has 1 fully saturated rings. The molecule has 4 rings (SSSR count). The number of likely N-dealkylation sites (tertiary alicyclic amines) is 1. The third kappa shape index (κ3) is 3.35. The van der Waals surface area contributed by atoms with Crippen LogP contribution in [0.3, 0.4) is 0 Å². The fourth-order valence-electron chi connectivity index (χ4n) is 3.14. The molecule has 0 atom stereocenters. The van der Waals surface area contributed by atoms with Crippen LogP contribution in [0.4, 0.5) is 10.2 Å². The van der Waals surface area contributed by atoms with E-state index in [1.807, 2.05) is 12.3 Å². The quantitative estimate of drug-likeness (QED) is 0.797. The number of pyridine rings is 1. The van der Waals surface area contributed by atoms with Crippen LogP contribution >= 0.6 is 0 Å². The second-order valence-electron chi connectivity index (χ2n) is 6.13. The summed E-state index contributed by atoms with van der Waals surface area (Å²) in [7, 11) is 0. The van der Waals surface area contributed by atoms with E-state index in [0.717, 1.165) is 49.6 Å². The number of fused-ring (bicyclic) bond motifs is 1. The SMILES string of the molecule is Fc1ccc2nc(CN3CCC(Nc4ccncn4)CC3)cn2c1. The van der Waals surface area contributed by atoms with E-state index in [4.69, 9.17) is 0 Å². The Labute approximate surface area is 139 Å². The number of anilines is 1. The fourth-order valence-corrected chi connectivity index (χ4v) is 3.14. The van der Waals surface area contributed by atoms with Crippen molar-refractivity contribution in [3.05, 3.63) is 54.6 Å². The summed E-state index contributed by atoms with van der Waals surface area (Å²) in [6.45, 7) is 2.81. The smallest absolute Gasteiger partial charge is 0.139 e. The minimum atomic E-state index is -0.247. The lowest BCUT2D eigenvalue weighted by Crippen LogP contribution is -2.38. The summed E-state index contributed by atoms with van der Waals surface area (Å²) in [5.41, 5.74) is 1.76. The lowest BCUT2D eigenvalue weighted by Gasteiger charge is -2.32. The second-order valence-corrected chi connectivity index (χ2v) is 6.13. The van der Waals surface area contributed by atoms with E-state index >= 15 is 0 Å². The molecule has 0 spiro atoms. The van der Waals surface area contributed by atoms with E-state index < -0.39 is 0 Å². The molecular weight excluding hydrogens is 307 g/mol. The van der Waals surface area contributed by atoms with Crippen LogP contribution in [0.15, 0.2) is 43.1 Å². The maximum atomic E-state index is 13.3. The maximum absolute atomic E-state index is 13.3. The average Bonchev–Trinajstić information content (AvgIpc) is 2.99. The highest BCUT2D eigenvalue weighted by Crippen LogP contribution is 2.17. The molecule has 1 aliphatic rings. The van der Waals surface area contributed by atoms with Gasteiger partial charge in [0.2, 0.25) is 0 Å². The van der Waals surface area contributed by atoms with Gasteiger partial charge in [-0.1, -0.05) is 0 Å². The molecular formula is C17H19FN6. The van der Waals surface area contributed by atoms with Gasteiger partial charge >= 0.3 is 0 Å². The summed E-state index contributed by atoms with van der Waals surface area (Å²) in [5, 5.41) is 3.45. The number of imidazole rings is 1. The van der Waals surface area contributed by atoms with Gasteiger partial charge in [-0.3, -0.25) is 4.90 Å². The van der Waals surface area contributed by atoms with Crippen molar-refractivity contribution in [3.63, 3.8) is 0 Å². The van der Waals surface area contributed by atoms with Gasteiger partial charge in [-0.05, 0) is 31.0 Å². The lowest BCUT2D eigenvalue weighted by atomic mass is 10.0. The van der Waals surface area contributed by atoms with Gasteiger partial charge < -0.3 is 9.72 Å². The summed E-state index contributed by atoms with van der Waals surface area (Å²) in [6, 6.07) is 5.47. The van der Waals surface area contributed by atoms with Gasteiger partial charge in [0.1, 0.15) is 23.6 Å². The Balaban J connectivity index is 1.34. The molecule has 24 heavy (non-hydrogen) atoms. The highest BCUT2D eigenvalue weighted by molar-refractivity contribution is 5.39. The van der Waals surface area contributed by atoms with Crippen molar-refractivity contribution in [1.29, 1.82) is 0 Å². The van der Waals surface area contributed by atoms with Crippen LogP contribution in [0.2, 0.25) is 0 Å². The number of rotatable bonds is 4. The zero-order chi connectivity index (χ0) is 16.4. The van der Waals surface area contributed by atoms with Crippen molar-refractivity contribution in [2.45, 2.75) is 25.4 Å². The largest absolute Gasteiger partial charge is 0.367 e. The van der Waals surface area contributed by atoms with Gasteiger partial charge in [0.15, 0.2) is 0 Å². The number of nitrogens with one attached hydrogen (secondary N) is 1. The highest BCUT2D eigenvalue weighted by atomic mass is 19.1. The zero-order valence-electron chi connectivity index (χ0n) is 13.3. The minimum Gasteiger partial charge on any atom is -0.367 e. The van der Waals surface area contributed by atoms with Gasteiger partial charge in [-0.25, -0.2) is 19.3 Å². The average molecular weight is 326 g/mol. The molecule has 3 aromatic rings. The van der Waals surface area contributed by atoms with E-state index in [1.165, 1.54) is 12.3 Å². The molecule has 0 radical (unpaired) electrons. The van der Waals surface area contributed by atoms with Gasteiger partial charge in [0.05, 0.1) is 5.69 Å². The Hall–Kier alpha value is -2.54. The van der Waals surface area contributed by atoms with Crippen molar-refractivity contribution < 1.29 is 4.39 Å². The summed E-state index contributed by atoms with van der Waals surface area (Å²) >= 11 is 0.